The van der Waals surface area contributed by atoms with E-state index >= 15 is 0 Å². The van der Waals surface area contributed by atoms with Crippen LogP contribution in [-0.4, -0.2) is 0 Å². The second kappa shape index (κ2) is 3.63. The van der Waals surface area contributed by atoms with E-state index in [2.05, 4.69) is 20.8 Å². The molecule has 0 nitrogen and oxygen atoms in total. The van der Waals surface area contributed by atoms with E-state index < -0.39 is 0 Å². The topological polar surface area (TPSA) is 0 Å². The van der Waals surface area contributed by atoms with Crippen molar-refractivity contribution in [3.8, 4) is 0 Å². The Hall–Kier alpha value is 0. The highest BCUT2D eigenvalue weighted by Crippen LogP contribution is 2.52. The maximum absolute atomic E-state index is 2.48. The molecule has 5 atom stereocenters. The molecule has 2 fully saturated rings. The van der Waals surface area contributed by atoms with E-state index in [1.54, 1.807) is 12.8 Å². The van der Waals surface area contributed by atoms with Crippen LogP contribution in [0.5, 0.6) is 0 Å². The summed E-state index contributed by atoms with van der Waals surface area (Å²) in [7, 11) is 0. The van der Waals surface area contributed by atoms with Crippen molar-refractivity contribution >= 4 is 0 Å². The fourth-order valence-electron chi connectivity index (χ4n) is 3.94. The Balaban J connectivity index is 2.02. The minimum Gasteiger partial charge on any atom is -0.0651 e. The Morgan fingerprint density at radius 2 is 1.77 bits per heavy atom. The Bertz CT molecular complexity index is 173. The summed E-state index contributed by atoms with van der Waals surface area (Å²) in [5.74, 6) is 5.34. The van der Waals surface area contributed by atoms with Gasteiger partial charge in [0.2, 0.25) is 0 Å². The maximum Gasteiger partial charge on any atom is -0.0352 e. The highest BCUT2D eigenvalue weighted by Gasteiger charge is 2.43. The van der Waals surface area contributed by atoms with Crippen molar-refractivity contribution < 1.29 is 0 Å². The quantitative estimate of drug-likeness (QED) is 0.600. The molecule has 0 aliphatic heterocycles. The van der Waals surface area contributed by atoms with E-state index in [4.69, 9.17) is 0 Å². The van der Waals surface area contributed by atoms with Gasteiger partial charge in [0.25, 0.3) is 0 Å². The number of fused-ring (bicyclic) bond motifs is 1. The summed E-state index contributed by atoms with van der Waals surface area (Å²) >= 11 is 0. The SMILES string of the molecule is CC[C@H](C)[C@@H]1CC[C@@H]2C1CC[C@H]2C. The predicted octanol–water partition coefficient (Wildman–Crippen LogP) is 4.10. The molecule has 0 aromatic carbocycles. The Morgan fingerprint density at radius 3 is 2.46 bits per heavy atom. The summed E-state index contributed by atoms with van der Waals surface area (Å²) in [6.07, 6.45) is 7.53. The van der Waals surface area contributed by atoms with E-state index in [9.17, 15) is 0 Å². The van der Waals surface area contributed by atoms with Crippen molar-refractivity contribution in [2.75, 3.05) is 0 Å². The first-order chi connectivity index (χ1) is 6.24. The van der Waals surface area contributed by atoms with Crippen LogP contribution >= 0.6 is 0 Å². The van der Waals surface area contributed by atoms with Crippen molar-refractivity contribution in [2.24, 2.45) is 29.6 Å². The zero-order chi connectivity index (χ0) is 9.42. The highest BCUT2D eigenvalue weighted by molar-refractivity contribution is 4.93. The first-order valence-corrected chi connectivity index (χ1v) is 6.24. The van der Waals surface area contributed by atoms with Gasteiger partial charge in [0, 0.05) is 0 Å². The molecule has 0 saturated heterocycles. The molecule has 2 aliphatic rings. The Morgan fingerprint density at radius 1 is 1.08 bits per heavy atom. The second-order valence-electron chi connectivity index (χ2n) is 5.51. The minimum atomic E-state index is 0.986. The largest absolute Gasteiger partial charge is 0.0651 e. The summed E-state index contributed by atoms with van der Waals surface area (Å²) < 4.78 is 0. The molecule has 0 bridgehead atoms. The van der Waals surface area contributed by atoms with Gasteiger partial charge in [0.15, 0.2) is 0 Å². The van der Waals surface area contributed by atoms with Gasteiger partial charge >= 0.3 is 0 Å². The van der Waals surface area contributed by atoms with Crippen LogP contribution in [0.4, 0.5) is 0 Å². The predicted molar refractivity (Wildman–Crippen MR) is 57.6 cm³/mol. The lowest BCUT2D eigenvalue weighted by molar-refractivity contribution is 0.247. The van der Waals surface area contributed by atoms with Gasteiger partial charge < -0.3 is 0 Å². The number of hydrogen-bond donors (Lipinski definition) is 0. The van der Waals surface area contributed by atoms with Gasteiger partial charge in [-0.2, -0.15) is 0 Å². The molecule has 2 aliphatic carbocycles. The molecule has 0 radical (unpaired) electrons. The van der Waals surface area contributed by atoms with Gasteiger partial charge in [-0.25, -0.2) is 0 Å². The average molecular weight is 180 g/mol. The van der Waals surface area contributed by atoms with Gasteiger partial charge in [0.05, 0.1) is 0 Å². The van der Waals surface area contributed by atoms with Crippen molar-refractivity contribution in [3.05, 3.63) is 0 Å². The molecular weight excluding hydrogens is 156 g/mol. The lowest BCUT2D eigenvalue weighted by Gasteiger charge is -2.24. The third-order valence-corrected chi connectivity index (χ3v) is 4.99. The molecule has 0 spiro atoms. The van der Waals surface area contributed by atoms with Crippen molar-refractivity contribution in [1.82, 2.24) is 0 Å². The molecule has 2 rings (SSSR count). The minimum absolute atomic E-state index is 0.986. The van der Waals surface area contributed by atoms with Gasteiger partial charge in [-0.05, 0) is 48.9 Å². The van der Waals surface area contributed by atoms with E-state index in [0.717, 1.165) is 29.6 Å². The monoisotopic (exact) mass is 180 g/mol. The maximum atomic E-state index is 2.48. The van der Waals surface area contributed by atoms with Crippen LogP contribution in [0.15, 0.2) is 0 Å². The number of hydrogen-bond acceptors (Lipinski definition) is 0. The molecule has 13 heavy (non-hydrogen) atoms. The Kier molecular flexibility index (Phi) is 2.67. The number of rotatable bonds is 2. The van der Waals surface area contributed by atoms with Crippen LogP contribution in [0.2, 0.25) is 0 Å². The van der Waals surface area contributed by atoms with Crippen LogP contribution in [0.1, 0.15) is 52.9 Å². The highest BCUT2D eigenvalue weighted by atomic mass is 14.5. The van der Waals surface area contributed by atoms with Crippen LogP contribution in [0, 0.1) is 29.6 Å². The first-order valence-electron chi connectivity index (χ1n) is 6.24. The van der Waals surface area contributed by atoms with E-state index in [0.29, 0.717) is 0 Å². The third-order valence-electron chi connectivity index (χ3n) is 4.99. The summed E-state index contributed by atoms with van der Waals surface area (Å²) in [6.45, 7) is 7.30. The van der Waals surface area contributed by atoms with Crippen LogP contribution < -0.4 is 0 Å². The standard InChI is InChI=1S/C13H24/c1-4-9(2)11-7-8-12-10(3)5-6-13(11)12/h9-13H,4-8H2,1-3H3/t9-,10+,11-,12-,13?/m0/s1. The smallest absolute Gasteiger partial charge is 0.0352 e. The van der Waals surface area contributed by atoms with Crippen LogP contribution in [0.3, 0.4) is 0 Å². The molecule has 76 valence electrons. The van der Waals surface area contributed by atoms with Crippen molar-refractivity contribution in [1.29, 1.82) is 0 Å². The molecule has 2 saturated carbocycles. The van der Waals surface area contributed by atoms with Gasteiger partial charge in [-0.3, -0.25) is 0 Å². The molecule has 0 aromatic heterocycles. The Labute approximate surface area is 83.1 Å². The molecular formula is C13H24. The summed E-state index contributed by atoms with van der Waals surface area (Å²) in [5, 5.41) is 0. The second-order valence-corrected chi connectivity index (χ2v) is 5.51. The van der Waals surface area contributed by atoms with E-state index in [-0.39, 0.29) is 0 Å². The normalized spacial score (nSPS) is 46.4. The lowest BCUT2D eigenvalue weighted by atomic mass is 9.81. The van der Waals surface area contributed by atoms with Crippen molar-refractivity contribution in [3.63, 3.8) is 0 Å². The van der Waals surface area contributed by atoms with E-state index in [1.807, 2.05) is 0 Å². The summed E-state index contributed by atoms with van der Waals surface area (Å²) in [5.41, 5.74) is 0. The third kappa shape index (κ3) is 1.53. The molecule has 0 heterocycles. The summed E-state index contributed by atoms with van der Waals surface area (Å²) in [6, 6.07) is 0. The molecule has 0 amide bonds. The zero-order valence-corrected chi connectivity index (χ0v) is 9.42. The van der Waals surface area contributed by atoms with Crippen LogP contribution in [0.25, 0.3) is 0 Å². The lowest BCUT2D eigenvalue weighted by Crippen LogP contribution is -2.17. The molecule has 0 N–H and O–H groups in total. The van der Waals surface area contributed by atoms with Crippen molar-refractivity contribution in [2.45, 2.75) is 52.9 Å². The fraction of sp³-hybridized carbons (Fsp3) is 1.00. The molecule has 0 aromatic rings. The molecule has 1 unspecified atom stereocenters. The summed E-state index contributed by atoms with van der Waals surface area (Å²) in [4.78, 5) is 0. The zero-order valence-electron chi connectivity index (χ0n) is 9.42. The fourth-order valence-corrected chi connectivity index (χ4v) is 3.94. The first kappa shape index (κ1) is 9.55. The van der Waals surface area contributed by atoms with Gasteiger partial charge in [-0.15, -0.1) is 0 Å². The van der Waals surface area contributed by atoms with E-state index in [1.165, 1.54) is 19.3 Å². The van der Waals surface area contributed by atoms with Gasteiger partial charge in [-0.1, -0.05) is 33.6 Å². The van der Waals surface area contributed by atoms with Gasteiger partial charge in [0.1, 0.15) is 0 Å². The van der Waals surface area contributed by atoms with Crippen LogP contribution in [-0.2, 0) is 0 Å². The average Bonchev–Trinajstić information content (AvgIpc) is 2.68. The molecule has 0 heteroatoms.